The zero-order valence-corrected chi connectivity index (χ0v) is 17.2. The van der Waals surface area contributed by atoms with Crippen molar-refractivity contribution in [3.63, 3.8) is 0 Å². The minimum Gasteiger partial charge on any atom is -0.456 e. The van der Waals surface area contributed by atoms with Crippen molar-refractivity contribution in [1.29, 1.82) is 0 Å². The lowest BCUT2D eigenvalue weighted by atomic mass is 10.1. The van der Waals surface area contributed by atoms with E-state index in [0.29, 0.717) is 16.4 Å². The first-order valence-electron chi connectivity index (χ1n) is 8.91. The first kappa shape index (κ1) is 19.8. The Balaban J connectivity index is 1.73. The van der Waals surface area contributed by atoms with Crippen molar-refractivity contribution in [2.24, 2.45) is 0 Å². The van der Waals surface area contributed by atoms with Gasteiger partial charge in [0.2, 0.25) is 5.91 Å². The van der Waals surface area contributed by atoms with Crippen LogP contribution in [0.25, 0.3) is 0 Å². The first-order valence-corrected chi connectivity index (χ1v) is 9.79. The van der Waals surface area contributed by atoms with Gasteiger partial charge in [-0.1, -0.05) is 18.2 Å². The number of esters is 1. The highest BCUT2D eigenvalue weighted by Gasteiger charge is 2.18. The van der Waals surface area contributed by atoms with E-state index in [9.17, 15) is 9.59 Å². The molecule has 1 amide bonds. The molecule has 3 rings (SSSR count). The molecule has 0 N–H and O–H groups in total. The average molecular weight is 394 g/mol. The summed E-state index contributed by atoms with van der Waals surface area (Å²) in [4.78, 5) is 30.5. The van der Waals surface area contributed by atoms with Crippen LogP contribution in [0.2, 0.25) is 0 Å². The van der Waals surface area contributed by atoms with E-state index in [2.05, 4.69) is 4.98 Å². The predicted molar refractivity (Wildman–Crippen MR) is 111 cm³/mol. The molecule has 144 valence electrons. The van der Waals surface area contributed by atoms with E-state index in [1.807, 2.05) is 57.2 Å². The average Bonchev–Trinajstić information content (AvgIpc) is 3.10. The molecule has 0 aliphatic carbocycles. The standard InChI is InChI=1S/C22H22N2O3S/c1-14-6-5-7-20(10-14)24(17(4)25)22-23-19(13-28-22)12-27-21(26)18-9-8-15(2)16(3)11-18/h5-11,13H,12H2,1-4H3. The largest absolute Gasteiger partial charge is 0.456 e. The van der Waals surface area contributed by atoms with Crippen LogP contribution in [-0.4, -0.2) is 16.9 Å². The third-order valence-corrected chi connectivity index (χ3v) is 5.27. The van der Waals surface area contributed by atoms with Crippen LogP contribution in [0.1, 0.15) is 39.7 Å². The highest BCUT2D eigenvalue weighted by Crippen LogP contribution is 2.29. The van der Waals surface area contributed by atoms with Crippen molar-refractivity contribution in [1.82, 2.24) is 4.98 Å². The second-order valence-electron chi connectivity index (χ2n) is 6.69. The van der Waals surface area contributed by atoms with Crippen LogP contribution in [0.3, 0.4) is 0 Å². The smallest absolute Gasteiger partial charge is 0.338 e. The van der Waals surface area contributed by atoms with Gasteiger partial charge in [0, 0.05) is 12.3 Å². The number of ether oxygens (including phenoxy) is 1. The number of nitrogens with zero attached hydrogens (tertiary/aromatic N) is 2. The highest BCUT2D eigenvalue weighted by molar-refractivity contribution is 7.14. The quantitative estimate of drug-likeness (QED) is 0.564. The van der Waals surface area contributed by atoms with Crippen LogP contribution in [0, 0.1) is 20.8 Å². The zero-order valence-electron chi connectivity index (χ0n) is 16.4. The fraction of sp³-hybridized carbons (Fsp3) is 0.227. The third kappa shape index (κ3) is 4.46. The summed E-state index contributed by atoms with van der Waals surface area (Å²) in [6.07, 6.45) is 0. The number of thiazole rings is 1. The Labute approximate surface area is 168 Å². The zero-order chi connectivity index (χ0) is 20.3. The van der Waals surface area contributed by atoms with Crippen molar-refractivity contribution in [3.05, 3.63) is 75.8 Å². The Hall–Kier alpha value is -2.99. The third-order valence-electron chi connectivity index (χ3n) is 4.40. The molecule has 6 heteroatoms. The lowest BCUT2D eigenvalue weighted by Gasteiger charge is -2.18. The van der Waals surface area contributed by atoms with Crippen molar-refractivity contribution >= 4 is 34.0 Å². The number of benzene rings is 2. The molecule has 0 fully saturated rings. The van der Waals surface area contributed by atoms with Crippen LogP contribution in [0.5, 0.6) is 0 Å². The van der Waals surface area contributed by atoms with Gasteiger partial charge in [-0.3, -0.25) is 9.69 Å². The predicted octanol–water partition coefficient (Wildman–Crippen LogP) is 5.11. The second-order valence-corrected chi connectivity index (χ2v) is 7.53. The van der Waals surface area contributed by atoms with Crippen molar-refractivity contribution in [2.45, 2.75) is 34.3 Å². The number of aromatic nitrogens is 1. The molecule has 0 aliphatic heterocycles. The number of carbonyl (C=O) groups excluding carboxylic acids is 2. The molecule has 2 aromatic carbocycles. The van der Waals surface area contributed by atoms with Gasteiger partial charge in [-0.15, -0.1) is 11.3 Å². The summed E-state index contributed by atoms with van der Waals surface area (Å²) in [5.74, 6) is -0.515. The summed E-state index contributed by atoms with van der Waals surface area (Å²) in [6.45, 7) is 7.49. The summed E-state index contributed by atoms with van der Waals surface area (Å²) < 4.78 is 5.39. The van der Waals surface area contributed by atoms with Crippen LogP contribution >= 0.6 is 11.3 Å². The van der Waals surface area contributed by atoms with Crippen molar-refractivity contribution in [3.8, 4) is 0 Å². The Morgan fingerprint density at radius 1 is 1.07 bits per heavy atom. The molecule has 5 nitrogen and oxygen atoms in total. The molecule has 0 spiro atoms. The summed E-state index contributed by atoms with van der Waals surface area (Å²) in [5.41, 5.74) is 5.12. The Morgan fingerprint density at radius 3 is 2.54 bits per heavy atom. The van der Waals surface area contributed by atoms with Crippen LogP contribution in [-0.2, 0) is 16.1 Å². The first-order chi connectivity index (χ1) is 13.3. The van der Waals surface area contributed by atoms with E-state index in [4.69, 9.17) is 4.74 Å². The molecule has 0 saturated heterocycles. The van der Waals surface area contributed by atoms with Crippen molar-refractivity contribution in [2.75, 3.05) is 4.90 Å². The molecule has 3 aromatic rings. The summed E-state index contributed by atoms with van der Waals surface area (Å²) in [5, 5.41) is 2.35. The Bertz CT molecular complexity index is 1030. The number of carbonyl (C=O) groups is 2. The molecule has 0 saturated carbocycles. The summed E-state index contributed by atoms with van der Waals surface area (Å²) in [7, 11) is 0. The normalized spacial score (nSPS) is 10.6. The summed E-state index contributed by atoms with van der Waals surface area (Å²) in [6, 6.07) is 13.2. The lowest BCUT2D eigenvalue weighted by Crippen LogP contribution is -2.22. The van der Waals surface area contributed by atoms with Gasteiger partial charge in [0.15, 0.2) is 5.13 Å². The number of rotatable bonds is 5. The fourth-order valence-electron chi connectivity index (χ4n) is 2.75. The number of hydrogen-bond acceptors (Lipinski definition) is 5. The molecule has 0 bridgehead atoms. The van der Waals surface area contributed by atoms with E-state index in [1.54, 1.807) is 16.3 Å². The van der Waals surface area contributed by atoms with Gasteiger partial charge < -0.3 is 4.74 Å². The van der Waals surface area contributed by atoms with Crippen molar-refractivity contribution < 1.29 is 14.3 Å². The van der Waals surface area contributed by atoms with Gasteiger partial charge >= 0.3 is 5.97 Å². The van der Waals surface area contributed by atoms with E-state index in [-0.39, 0.29) is 18.5 Å². The molecule has 0 radical (unpaired) electrons. The molecule has 0 aliphatic rings. The van der Waals surface area contributed by atoms with Gasteiger partial charge in [0.25, 0.3) is 0 Å². The number of hydrogen-bond donors (Lipinski definition) is 0. The lowest BCUT2D eigenvalue weighted by molar-refractivity contribution is -0.115. The molecule has 0 unspecified atom stereocenters. The number of aryl methyl sites for hydroxylation is 3. The van der Waals surface area contributed by atoms with E-state index < -0.39 is 0 Å². The maximum absolute atomic E-state index is 12.3. The van der Waals surface area contributed by atoms with Crippen LogP contribution in [0.4, 0.5) is 10.8 Å². The Morgan fingerprint density at radius 2 is 1.86 bits per heavy atom. The summed E-state index contributed by atoms with van der Waals surface area (Å²) >= 11 is 1.34. The molecular formula is C22H22N2O3S. The van der Waals surface area contributed by atoms with Gasteiger partial charge in [-0.2, -0.15) is 0 Å². The molecule has 1 aromatic heterocycles. The number of anilines is 2. The van der Waals surface area contributed by atoms with Gasteiger partial charge in [0.1, 0.15) is 6.61 Å². The minimum absolute atomic E-state index is 0.0574. The Kier molecular flexibility index (Phi) is 5.90. The maximum Gasteiger partial charge on any atom is 0.338 e. The fourth-order valence-corrected chi connectivity index (χ4v) is 3.62. The SMILES string of the molecule is CC(=O)N(c1cccc(C)c1)c1nc(COC(=O)c2ccc(C)c(C)c2)cs1. The molecule has 28 heavy (non-hydrogen) atoms. The monoisotopic (exact) mass is 394 g/mol. The molecule has 1 heterocycles. The van der Waals surface area contributed by atoms with E-state index in [1.165, 1.54) is 18.3 Å². The van der Waals surface area contributed by atoms with E-state index >= 15 is 0 Å². The van der Waals surface area contributed by atoms with E-state index in [0.717, 1.165) is 22.4 Å². The van der Waals surface area contributed by atoms with Crippen LogP contribution < -0.4 is 4.90 Å². The molecular weight excluding hydrogens is 372 g/mol. The van der Waals surface area contributed by atoms with Gasteiger partial charge in [0.05, 0.1) is 16.9 Å². The topological polar surface area (TPSA) is 59.5 Å². The number of amides is 1. The molecule has 0 atom stereocenters. The minimum atomic E-state index is -0.389. The van der Waals surface area contributed by atoms with Gasteiger partial charge in [-0.05, 0) is 61.7 Å². The highest BCUT2D eigenvalue weighted by atomic mass is 32.1. The van der Waals surface area contributed by atoms with Gasteiger partial charge in [-0.25, -0.2) is 9.78 Å². The second kappa shape index (κ2) is 8.35. The maximum atomic E-state index is 12.3. The van der Waals surface area contributed by atoms with Crippen LogP contribution in [0.15, 0.2) is 47.8 Å².